The van der Waals surface area contributed by atoms with Crippen LogP contribution >= 0.6 is 11.3 Å². The van der Waals surface area contributed by atoms with Crippen LogP contribution in [0.5, 0.6) is 0 Å². The van der Waals surface area contributed by atoms with Crippen LogP contribution in [-0.2, 0) is 0 Å². The number of aromatic nitrogens is 1. The topological polar surface area (TPSA) is 42.1 Å². The lowest BCUT2D eigenvalue weighted by Gasteiger charge is -2.41. The number of nitrogens with zero attached hydrogens (tertiary/aromatic N) is 2. The van der Waals surface area contributed by atoms with Crippen LogP contribution in [0.25, 0.3) is 0 Å². The van der Waals surface area contributed by atoms with Crippen molar-refractivity contribution in [2.24, 2.45) is 11.8 Å². The molecule has 2 fully saturated rings. The number of fused-ring (bicyclic) bond motifs is 1. The molecule has 1 saturated carbocycles. The lowest BCUT2D eigenvalue weighted by molar-refractivity contribution is 0.202. The van der Waals surface area contributed by atoms with Crippen molar-refractivity contribution in [1.82, 2.24) is 4.98 Å². The van der Waals surface area contributed by atoms with Crippen molar-refractivity contribution in [2.75, 3.05) is 23.7 Å². The third kappa shape index (κ3) is 1.90. The van der Waals surface area contributed by atoms with E-state index in [4.69, 9.17) is 5.73 Å². The lowest BCUT2D eigenvalue weighted by Crippen LogP contribution is -2.41. The van der Waals surface area contributed by atoms with Crippen molar-refractivity contribution in [2.45, 2.75) is 32.1 Å². The first kappa shape index (κ1) is 10.4. The largest absolute Gasteiger partial charge is 0.389 e. The first-order valence-corrected chi connectivity index (χ1v) is 7.11. The van der Waals surface area contributed by atoms with Crippen LogP contribution in [0, 0.1) is 11.8 Å². The third-order valence-electron chi connectivity index (χ3n) is 4.07. The van der Waals surface area contributed by atoms with Gasteiger partial charge in [-0.25, -0.2) is 4.98 Å². The highest BCUT2D eigenvalue weighted by Crippen LogP contribution is 2.38. The molecule has 0 spiro atoms. The van der Waals surface area contributed by atoms with Crippen molar-refractivity contribution in [3.63, 3.8) is 0 Å². The van der Waals surface area contributed by atoms with E-state index in [0.717, 1.165) is 22.0 Å². The smallest absolute Gasteiger partial charge is 0.187 e. The van der Waals surface area contributed by atoms with Crippen LogP contribution in [0.2, 0.25) is 0 Å². The molecule has 2 heterocycles. The second-order valence-electron chi connectivity index (χ2n) is 5.08. The molecule has 16 heavy (non-hydrogen) atoms. The van der Waals surface area contributed by atoms with Crippen LogP contribution in [0.4, 0.5) is 10.1 Å². The van der Waals surface area contributed by atoms with Gasteiger partial charge in [-0.3, -0.25) is 0 Å². The van der Waals surface area contributed by atoms with E-state index in [9.17, 15) is 0 Å². The number of hydrogen-bond donors (Lipinski definition) is 1. The number of anilines is 2. The first-order valence-electron chi connectivity index (χ1n) is 6.29. The zero-order valence-electron chi connectivity index (χ0n) is 9.56. The summed E-state index contributed by atoms with van der Waals surface area (Å²) < 4.78 is 0. The molecule has 4 heteroatoms. The molecule has 1 aliphatic heterocycles. The van der Waals surface area contributed by atoms with Crippen molar-refractivity contribution < 1.29 is 0 Å². The van der Waals surface area contributed by atoms with Gasteiger partial charge in [-0.15, -0.1) is 0 Å². The molecular formula is C12H19N3S. The van der Waals surface area contributed by atoms with Gasteiger partial charge in [0.15, 0.2) is 5.13 Å². The molecule has 0 radical (unpaired) electrons. The Balaban J connectivity index is 1.70. The molecule has 2 unspecified atom stereocenters. The number of rotatable bonds is 1. The van der Waals surface area contributed by atoms with Gasteiger partial charge in [-0.2, -0.15) is 0 Å². The van der Waals surface area contributed by atoms with Gasteiger partial charge in [0, 0.05) is 13.1 Å². The van der Waals surface area contributed by atoms with E-state index in [2.05, 4.69) is 9.88 Å². The Morgan fingerprint density at radius 2 is 2.06 bits per heavy atom. The zero-order valence-corrected chi connectivity index (χ0v) is 10.4. The molecule has 3 nitrogen and oxygen atoms in total. The normalized spacial score (nSPS) is 30.1. The quantitative estimate of drug-likeness (QED) is 0.816. The molecule has 0 bridgehead atoms. The maximum absolute atomic E-state index is 5.75. The highest BCUT2D eigenvalue weighted by atomic mass is 32.1. The predicted molar refractivity (Wildman–Crippen MR) is 68.8 cm³/mol. The first-order chi connectivity index (χ1) is 7.83. The fraction of sp³-hybridized carbons (Fsp3) is 0.750. The van der Waals surface area contributed by atoms with Gasteiger partial charge in [0.05, 0.1) is 6.20 Å². The highest BCUT2D eigenvalue weighted by Gasteiger charge is 2.31. The van der Waals surface area contributed by atoms with Gasteiger partial charge in [0.2, 0.25) is 0 Å². The van der Waals surface area contributed by atoms with Crippen LogP contribution in [0.3, 0.4) is 0 Å². The van der Waals surface area contributed by atoms with Crippen molar-refractivity contribution in [1.29, 1.82) is 0 Å². The Morgan fingerprint density at radius 1 is 1.25 bits per heavy atom. The zero-order chi connectivity index (χ0) is 11.0. The lowest BCUT2D eigenvalue weighted by atomic mass is 9.75. The monoisotopic (exact) mass is 237 g/mol. The SMILES string of the molecule is Nc1cnc(N2CCC3CCCCC3C2)s1. The molecule has 88 valence electrons. The number of nitrogen functional groups attached to an aromatic ring is 1. The summed E-state index contributed by atoms with van der Waals surface area (Å²) in [6.07, 6.45) is 8.89. The number of nitrogens with two attached hydrogens (primary N) is 1. The molecule has 1 aromatic rings. The third-order valence-corrected chi connectivity index (χ3v) is 4.96. The fourth-order valence-electron chi connectivity index (χ4n) is 3.20. The maximum Gasteiger partial charge on any atom is 0.187 e. The van der Waals surface area contributed by atoms with Gasteiger partial charge in [-0.05, 0) is 24.7 Å². The summed E-state index contributed by atoms with van der Waals surface area (Å²) in [5, 5.41) is 1.96. The van der Waals surface area contributed by atoms with E-state index in [0.29, 0.717) is 0 Å². The van der Waals surface area contributed by atoms with Gasteiger partial charge in [0.1, 0.15) is 5.00 Å². The van der Waals surface area contributed by atoms with Gasteiger partial charge in [-0.1, -0.05) is 30.6 Å². The van der Waals surface area contributed by atoms with E-state index >= 15 is 0 Å². The maximum atomic E-state index is 5.75. The van der Waals surface area contributed by atoms with E-state index in [1.807, 2.05) is 0 Å². The van der Waals surface area contributed by atoms with Crippen LogP contribution in [-0.4, -0.2) is 18.1 Å². The number of thiazole rings is 1. The minimum absolute atomic E-state index is 0.834. The summed E-state index contributed by atoms with van der Waals surface area (Å²) >= 11 is 1.63. The van der Waals surface area contributed by atoms with Crippen LogP contribution in [0.1, 0.15) is 32.1 Å². The van der Waals surface area contributed by atoms with Crippen LogP contribution < -0.4 is 10.6 Å². The average molecular weight is 237 g/mol. The van der Waals surface area contributed by atoms with E-state index < -0.39 is 0 Å². The summed E-state index contributed by atoms with van der Waals surface area (Å²) in [4.78, 5) is 6.83. The molecule has 3 rings (SSSR count). The fourth-order valence-corrected chi connectivity index (χ4v) is 3.91. The van der Waals surface area contributed by atoms with Gasteiger partial charge >= 0.3 is 0 Å². The van der Waals surface area contributed by atoms with Gasteiger partial charge < -0.3 is 10.6 Å². The Bertz CT molecular complexity index is 363. The second-order valence-corrected chi connectivity index (χ2v) is 6.13. The molecule has 1 aromatic heterocycles. The molecule has 2 atom stereocenters. The Labute approximate surface area is 101 Å². The molecule has 0 amide bonds. The standard InChI is InChI=1S/C12H19N3S/c13-11-7-14-12(16-11)15-6-5-9-3-1-2-4-10(9)8-15/h7,9-10H,1-6,8,13H2. The summed E-state index contributed by atoms with van der Waals surface area (Å²) in [5.74, 6) is 1.90. The van der Waals surface area contributed by atoms with E-state index in [1.54, 1.807) is 17.5 Å². The number of piperidine rings is 1. The van der Waals surface area contributed by atoms with E-state index in [1.165, 1.54) is 45.2 Å². The summed E-state index contributed by atoms with van der Waals surface area (Å²) in [6, 6.07) is 0. The summed E-state index contributed by atoms with van der Waals surface area (Å²) in [6.45, 7) is 2.38. The Hall–Kier alpha value is -0.770. The average Bonchev–Trinajstić information content (AvgIpc) is 2.75. The Morgan fingerprint density at radius 3 is 2.81 bits per heavy atom. The van der Waals surface area contributed by atoms with Crippen molar-refractivity contribution in [3.05, 3.63) is 6.20 Å². The minimum Gasteiger partial charge on any atom is -0.389 e. The summed E-state index contributed by atoms with van der Waals surface area (Å²) in [7, 11) is 0. The molecule has 1 saturated heterocycles. The second kappa shape index (κ2) is 4.24. The number of hydrogen-bond acceptors (Lipinski definition) is 4. The highest BCUT2D eigenvalue weighted by molar-refractivity contribution is 7.19. The summed E-state index contributed by atoms with van der Waals surface area (Å²) in [5.41, 5.74) is 5.75. The van der Waals surface area contributed by atoms with Crippen molar-refractivity contribution >= 4 is 21.5 Å². The predicted octanol–water partition coefficient (Wildman–Crippen LogP) is 2.74. The molecule has 2 N–H and O–H groups in total. The van der Waals surface area contributed by atoms with E-state index in [-0.39, 0.29) is 0 Å². The molecule has 1 aliphatic carbocycles. The van der Waals surface area contributed by atoms with Crippen LogP contribution in [0.15, 0.2) is 6.20 Å². The molecular weight excluding hydrogens is 218 g/mol. The molecule has 2 aliphatic rings. The van der Waals surface area contributed by atoms with Gasteiger partial charge in [0.25, 0.3) is 0 Å². The minimum atomic E-state index is 0.834. The molecule has 0 aromatic carbocycles. The Kier molecular flexibility index (Phi) is 2.75. The van der Waals surface area contributed by atoms with Crippen molar-refractivity contribution in [3.8, 4) is 0 Å².